The Kier molecular flexibility index (Phi) is 7.16. The van der Waals surface area contributed by atoms with E-state index in [1.54, 1.807) is 52.9 Å². The third-order valence-electron chi connectivity index (χ3n) is 1.51. The first kappa shape index (κ1) is 14.9. The van der Waals surface area contributed by atoms with Crippen LogP contribution >= 0.6 is 22.6 Å². The van der Waals surface area contributed by atoms with E-state index in [1.165, 1.54) is 0 Å². The Bertz CT molecular complexity index is 344. The molecule has 0 aliphatic carbocycles. The predicted octanol–water partition coefficient (Wildman–Crippen LogP) is 0.881. The monoisotopic (exact) mass is 328 g/mol. The fourth-order valence-electron chi connectivity index (χ4n) is 0.850. The molecule has 1 aromatic carbocycles. The van der Waals surface area contributed by atoms with E-state index < -0.39 is 10.0 Å². The Morgan fingerprint density at radius 2 is 1.80 bits per heavy atom. The van der Waals surface area contributed by atoms with Crippen molar-refractivity contribution in [1.82, 2.24) is 5.32 Å². The summed E-state index contributed by atoms with van der Waals surface area (Å²) >= 11 is 1.64. The van der Waals surface area contributed by atoms with E-state index in [9.17, 15) is 9.59 Å². The Labute approximate surface area is 123 Å². The van der Waals surface area contributed by atoms with Crippen LogP contribution in [0.5, 0.6) is 0 Å². The second kappa shape index (κ2) is 7.21. The first-order chi connectivity index (χ1) is 6.61. The number of benzene rings is 1. The van der Waals surface area contributed by atoms with Crippen molar-refractivity contribution in [3.63, 3.8) is 0 Å². The predicted molar refractivity (Wildman–Crippen MR) is 65.1 cm³/mol. The number of halogens is 1. The summed E-state index contributed by atoms with van der Waals surface area (Å²) in [7, 11) is 0. The van der Waals surface area contributed by atoms with Gasteiger partial charge >= 0.3 is 5.97 Å². The van der Waals surface area contributed by atoms with Crippen LogP contribution in [0.1, 0.15) is 10.4 Å². The van der Waals surface area contributed by atoms with Crippen LogP contribution in [-0.4, -0.2) is 50.6 Å². The second-order valence-corrected chi connectivity index (χ2v) is 3.79. The zero-order valence-corrected chi connectivity index (χ0v) is 12.3. The molecule has 15 heavy (non-hydrogen) atoms. The Hall–Kier alpha value is -0.110. The normalized spacial score (nSPS) is 11.0. The van der Waals surface area contributed by atoms with Gasteiger partial charge in [0.2, 0.25) is 0 Å². The summed E-state index contributed by atoms with van der Waals surface area (Å²) in [6.07, 6.45) is 0. The van der Waals surface area contributed by atoms with Gasteiger partial charge in [0, 0.05) is 35.1 Å². The van der Waals surface area contributed by atoms with E-state index >= 15 is 0 Å². The van der Waals surface area contributed by atoms with Crippen LogP contribution in [0.15, 0.2) is 30.3 Å². The van der Waals surface area contributed by atoms with Gasteiger partial charge in [-0.2, -0.15) is 0 Å². The van der Waals surface area contributed by atoms with Crippen LogP contribution in [0.25, 0.3) is 0 Å². The molecule has 75 valence electrons. The summed E-state index contributed by atoms with van der Waals surface area (Å²) in [5.74, 6) is -1.44. The number of nitrogens with one attached hydrogen (secondary N) is 1. The summed E-state index contributed by atoms with van der Waals surface area (Å²) < 4.78 is -0.902. The second-order valence-electron chi connectivity index (χ2n) is 2.54. The van der Waals surface area contributed by atoms with Crippen LogP contribution in [0.3, 0.4) is 0 Å². The minimum atomic E-state index is -1.06. The number of hydrogen-bond acceptors (Lipinski definition) is 2. The van der Waals surface area contributed by atoms with Crippen LogP contribution in [0.4, 0.5) is 0 Å². The molecule has 0 spiro atoms. The van der Waals surface area contributed by atoms with Crippen LogP contribution in [-0.2, 0) is 4.79 Å². The standard InChI is InChI=1S/C9H8INO3.Na/c10-7(9(13)14)11-8(12)6-4-2-1-3-5-6;/h1-5,7H,(H,11,12)(H,13,14);. The SMILES string of the molecule is O=C(NC(I)C(=O)O)c1ccccc1.[Na]. The molecule has 0 heterocycles. The van der Waals surface area contributed by atoms with Crippen molar-refractivity contribution in [2.45, 2.75) is 4.05 Å². The summed E-state index contributed by atoms with van der Waals surface area (Å²) in [5.41, 5.74) is 0.454. The molecule has 0 saturated carbocycles. The van der Waals surface area contributed by atoms with Crippen LogP contribution in [0, 0.1) is 0 Å². The van der Waals surface area contributed by atoms with Crippen molar-refractivity contribution in [1.29, 1.82) is 0 Å². The largest absolute Gasteiger partial charge is 0.479 e. The van der Waals surface area contributed by atoms with Gasteiger partial charge in [-0.3, -0.25) is 4.79 Å². The zero-order valence-electron chi connectivity index (χ0n) is 8.11. The fourth-order valence-corrected chi connectivity index (χ4v) is 1.13. The average Bonchev–Trinajstić information content (AvgIpc) is 2.19. The Morgan fingerprint density at radius 3 is 2.27 bits per heavy atom. The van der Waals surface area contributed by atoms with Gasteiger partial charge in [0.15, 0.2) is 4.05 Å². The van der Waals surface area contributed by atoms with E-state index in [0.29, 0.717) is 5.56 Å². The molecule has 0 saturated heterocycles. The van der Waals surface area contributed by atoms with Crippen molar-refractivity contribution < 1.29 is 14.7 Å². The molecule has 1 atom stereocenters. The minimum absolute atomic E-state index is 0. The summed E-state index contributed by atoms with van der Waals surface area (Å²) in [4.78, 5) is 21.8. The van der Waals surface area contributed by atoms with Crippen molar-refractivity contribution in [2.24, 2.45) is 0 Å². The number of aliphatic carboxylic acids is 1. The first-order valence-corrected chi connectivity index (χ1v) is 5.08. The number of carboxylic acid groups (broad SMARTS) is 1. The molecule has 0 aliphatic heterocycles. The summed E-state index contributed by atoms with van der Waals surface area (Å²) in [5, 5.41) is 10.9. The summed E-state index contributed by atoms with van der Waals surface area (Å²) in [6.45, 7) is 0. The third kappa shape index (κ3) is 4.96. The molecule has 0 aliphatic rings. The number of rotatable bonds is 3. The van der Waals surface area contributed by atoms with E-state index in [4.69, 9.17) is 5.11 Å². The topological polar surface area (TPSA) is 66.4 Å². The van der Waals surface area contributed by atoms with E-state index in [1.807, 2.05) is 0 Å². The van der Waals surface area contributed by atoms with Crippen molar-refractivity contribution in [3.05, 3.63) is 35.9 Å². The molecule has 6 heteroatoms. The van der Waals surface area contributed by atoms with Crippen LogP contribution < -0.4 is 5.32 Å². The van der Waals surface area contributed by atoms with Gasteiger partial charge in [-0.05, 0) is 34.7 Å². The number of hydrogen-bond donors (Lipinski definition) is 2. The van der Waals surface area contributed by atoms with Gasteiger partial charge in [0.1, 0.15) is 0 Å². The molecule has 2 N–H and O–H groups in total. The molecule has 0 fully saturated rings. The molecule has 0 bridgehead atoms. The average molecular weight is 328 g/mol. The maximum Gasteiger partial charge on any atom is 0.336 e. The number of alkyl halides is 1. The molecule has 1 amide bonds. The quantitative estimate of drug-likeness (QED) is 0.375. The molecule has 1 radical (unpaired) electrons. The third-order valence-corrected chi connectivity index (χ3v) is 2.35. The number of carbonyl (C=O) groups excluding carboxylic acids is 1. The Balaban J connectivity index is 0.00000196. The molecule has 1 rings (SSSR count). The van der Waals surface area contributed by atoms with Crippen molar-refractivity contribution in [2.75, 3.05) is 0 Å². The smallest absolute Gasteiger partial charge is 0.336 e. The molecular formula is C9H8INNaO3. The zero-order chi connectivity index (χ0) is 10.6. The molecule has 1 unspecified atom stereocenters. The van der Waals surface area contributed by atoms with E-state index in [-0.39, 0.29) is 35.5 Å². The van der Waals surface area contributed by atoms with Gasteiger partial charge in [-0.25, -0.2) is 4.79 Å². The molecule has 0 aromatic heterocycles. The molecule has 4 nitrogen and oxygen atoms in total. The van der Waals surface area contributed by atoms with Crippen LogP contribution in [0.2, 0.25) is 0 Å². The van der Waals surface area contributed by atoms with Gasteiger partial charge in [0.05, 0.1) is 0 Å². The summed E-state index contributed by atoms with van der Waals surface area (Å²) in [6, 6.07) is 8.48. The number of carboxylic acids is 1. The first-order valence-electron chi connectivity index (χ1n) is 3.84. The van der Waals surface area contributed by atoms with Gasteiger partial charge in [-0.15, -0.1) is 0 Å². The van der Waals surface area contributed by atoms with Gasteiger partial charge in [0.25, 0.3) is 5.91 Å². The Morgan fingerprint density at radius 1 is 1.27 bits per heavy atom. The number of amides is 1. The van der Waals surface area contributed by atoms with Gasteiger partial charge in [-0.1, -0.05) is 18.2 Å². The molecular weight excluding hydrogens is 320 g/mol. The van der Waals surface area contributed by atoms with E-state index in [0.717, 1.165) is 0 Å². The maximum absolute atomic E-state index is 11.4. The fraction of sp³-hybridized carbons (Fsp3) is 0.111. The number of carbonyl (C=O) groups is 2. The minimum Gasteiger partial charge on any atom is -0.479 e. The van der Waals surface area contributed by atoms with Crippen molar-refractivity contribution in [3.8, 4) is 0 Å². The van der Waals surface area contributed by atoms with Gasteiger partial charge < -0.3 is 10.4 Å². The van der Waals surface area contributed by atoms with Crippen molar-refractivity contribution >= 4 is 64.0 Å². The maximum atomic E-state index is 11.4. The molecule has 1 aromatic rings. The van der Waals surface area contributed by atoms with E-state index in [2.05, 4.69) is 5.32 Å².